The summed E-state index contributed by atoms with van der Waals surface area (Å²) in [4.78, 5) is 21.5. The van der Waals surface area contributed by atoms with Crippen LogP contribution in [-0.4, -0.2) is 21.2 Å². The highest BCUT2D eigenvalue weighted by atomic mass is 79.9. The molecule has 0 fully saturated rings. The average Bonchev–Trinajstić information content (AvgIpc) is 2.63. The Morgan fingerprint density at radius 3 is 2.86 bits per heavy atom. The lowest BCUT2D eigenvalue weighted by Gasteiger charge is -1.89. The van der Waals surface area contributed by atoms with E-state index in [0.717, 1.165) is 6.29 Å². The Kier molecular flexibility index (Phi) is 3.76. The van der Waals surface area contributed by atoms with Crippen LogP contribution < -0.4 is 0 Å². The van der Waals surface area contributed by atoms with Crippen molar-refractivity contribution >= 4 is 33.4 Å². The molecule has 2 aromatic heterocycles. The highest BCUT2D eigenvalue weighted by Crippen LogP contribution is 2.14. The first kappa shape index (κ1) is 10.8. The Morgan fingerprint density at radius 2 is 2.21 bits per heavy atom. The maximum absolute atomic E-state index is 10.5. The zero-order valence-electron chi connectivity index (χ0n) is 7.91. The standard InChI is InChI=1S/C7H4BrN3O.C2H6/c8-5-2-10-7-6(11-5)4(3-12)1-9-7;1-2/h1-3H,(H,9,10);1-2H3. The van der Waals surface area contributed by atoms with Crippen LogP contribution in [0.2, 0.25) is 0 Å². The smallest absolute Gasteiger partial charge is 0.156 e. The van der Waals surface area contributed by atoms with E-state index < -0.39 is 0 Å². The minimum atomic E-state index is 0.527. The van der Waals surface area contributed by atoms with Crippen LogP contribution in [0.25, 0.3) is 11.2 Å². The first-order chi connectivity index (χ1) is 6.81. The number of aromatic amines is 1. The number of nitrogens with zero attached hydrogens (tertiary/aromatic N) is 2. The van der Waals surface area contributed by atoms with E-state index in [4.69, 9.17) is 0 Å². The minimum absolute atomic E-state index is 0.527. The van der Waals surface area contributed by atoms with Gasteiger partial charge in [0.05, 0.1) is 11.8 Å². The predicted octanol–water partition coefficient (Wildman–Crippen LogP) is 2.56. The zero-order chi connectivity index (χ0) is 10.6. The third kappa shape index (κ3) is 1.98. The lowest BCUT2D eigenvalue weighted by molar-refractivity contribution is 0.112. The molecule has 74 valence electrons. The van der Waals surface area contributed by atoms with Crippen LogP contribution in [-0.2, 0) is 0 Å². The van der Waals surface area contributed by atoms with Crippen molar-refractivity contribution in [1.82, 2.24) is 15.0 Å². The van der Waals surface area contributed by atoms with Crippen LogP contribution in [0.1, 0.15) is 24.2 Å². The van der Waals surface area contributed by atoms with Gasteiger partial charge in [-0.1, -0.05) is 13.8 Å². The van der Waals surface area contributed by atoms with E-state index in [1.807, 2.05) is 13.8 Å². The summed E-state index contributed by atoms with van der Waals surface area (Å²) in [6.07, 6.45) is 3.91. The number of hydrogen-bond donors (Lipinski definition) is 1. The Hall–Kier alpha value is -1.23. The normalized spacial score (nSPS) is 9.36. The molecule has 4 nitrogen and oxygen atoms in total. The molecule has 14 heavy (non-hydrogen) atoms. The Labute approximate surface area is 89.9 Å². The van der Waals surface area contributed by atoms with Gasteiger partial charge in [0.25, 0.3) is 0 Å². The van der Waals surface area contributed by atoms with E-state index >= 15 is 0 Å². The van der Waals surface area contributed by atoms with E-state index in [-0.39, 0.29) is 0 Å². The summed E-state index contributed by atoms with van der Waals surface area (Å²) in [5, 5.41) is 0. The van der Waals surface area contributed by atoms with Crippen LogP contribution in [0.15, 0.2) is 17.0 Å². The van der Waals surface area contributed by atoms with Gasteiger partial charge in [0.2, 0.25) is 0 Å². The first-order valence-electron chi connectivity index (χ1n) is 4.26. The number of hydrogen-bond acceptors (Lipinski definition) is 3. The number of carbonyl (C=O) groups is 1. The maximum Gasteiger partial charge on any atom is 0.156 e. The quantitative estimate of drug-likeness (QED) is 0.797. The number of rotatable bonds is 1. The molecule has 0 saturated carbocycles. The summed E-state index contributed by atoms with van der Waals surface area (Å²) in [5.41, 5.74) is 1.75. The van der Waals surface area contributed by atoms with Crippen LogP contribution in [0.5, 0.6) is 0 Å². The van der Waals surface area contributed by atoms with Gasteiger partial charge >= 0.3 is 0 Å². The van der Waals surface area contributed by atoms with Crippen LogP contribution in [0, 0.1) is 0 Å². The van der Waals surface area contributed by atoms with Gasteiger partial charge in [-0.25, -0.2) is 9.97 Å². The summed E-state index contributed by atoms with van der Waals surface area (Å²) in [6.45, 7) is 4.00. The molecule has 0 atom stereocenters. The van der Waals surface area contributed by atoms with Gasteiger partial charge in [-0.15, -0.1) is 0 Å². The Bertz CT molecular complexity index is 439. The zero-order valence-corrected chi connectivity index (χ0v) is 9.50. The monoisotopic (exact) mass is 255 g/mol. The number of H-pyrrole nitrogens is 1. The SMILES string of the molecule is CC.O=Cc1c[nH]c2ncc(Br)nc12. The van der Waals surface area contributed by atoms with Gasteiger partial charge in [-0.3, -0.25) is 4.79 Å². The van der Waals surface area contributed by atoms with Crippen molar-refractivity contribution in [3.8, 4) is 0 Å². The van der Waals surface area contributed by atoms with Crippen molar-refractivity contribution in [2.75, 3.05) is 0 Å². The van der Waals surface area contributed by atoms with Gasteiger partial charge in [-0.2, -0.15) is 0 Å². The molecule has 0 unspecified atom stereocenters. The number of nitrogens with one attached hydrogen (secondary N) is 1. The molecular weight excluding hydrogens is 246 g/mol. The number of fused-ring (bicyclic) bond motifs is 1. The second-order valence-electron chi connectivity index (χ2n) is 2.25. The number of carbonyl (C=O) groups excluding carboxylic acids is 1. The molecule has 0 aromatic carbocycles. The van der Waals surface area contributed by atoms with Crippen molar-refractivity contribution in [1.29, 1.82) is 0 Å². The summed E-state index contributed by atoms with van der Waals surface area (Å²) in [5.74, 6) is 0. The topological polar surface area (TPSA) is 58.6 Å². The maximum atomic E-state index is 10.5. The van der Waals surface area contributed by atoms with Gasteiger partial charge in [0, 0.05) is 6.20 Å². The van der Waals surface area contributed by atoms with Gasteiger partial charge in [-0.05, 0) is 15.9 Å². The molecule has 1 N–H and O–H groups in total. The van der Waals surface area contributed by atoms with Crippen molar-refractivity contribution in [2.24, 2.45) is 0 Å². The fourth-order valence-electron chi connectivity index (χ4n) is 0.979. The second-order valence-corrected chi connectivity index (χ2v) is 3.06. The van der Waals surface area contributed by atoms with E-state index in [1.54, 1.807) is 12.4 Å². The largest absolute Gasteiger partial charge is 0.344 e. The summed E-state index contributed by atoms with van der Waals surface area (Å²) in [7, 11) is 0. The van der Waals surface area contributed by atoms with Crippen LogP contribution in [0.4, 0.5) is 0 Å². The highest BCUT2D eigenvalue weighted by Gasteiger charge is 2.04. The van der Waals surface area contributed by atoms with Gasteiger partial charge in [0.1, 0.15) is 10.1 Å². The third-order valence-corrected chi connectivity index (χ3v) is 1.89. The molecule has 0 amide bonds. The fraction of sp³-hybridized carbons (Fsp3) is 0.222. The number of halogens is 1. The minimum Gasteiger partial charge on any atom is -0.344 e. The van der Waals surface area contributed by atoms with Crippen LogP contribution >= 0.6 is 15.9 Å². The Balaban J connectivity index is 0.000000461. The second kappa shape index (κ2) is 4.85. The fourth-order valence-corrected chi connectivity index (χ4v) is 1.26. The first-order valence-corrected chi connectivity index (χ1v) is 5.05. The molecule has 0 bridgehead atoms. The van der Waals surface area contributed by atoms with Crippen molar-refractivity contribution in [3.63, 3.8) is 0 Å². The summed E-state index contributed by atoms with van der Waals surface area (Å²) >= 11 is 3.18. The van der Waals surface area contributed by atoms with E-state index in [1.165, 1.54) is 0 Å². The third-order valence-electron chi connectivity index (χ3n) is 1.51. The highest BCUT2D eigenvalue weighted by molar-refractivity contribution is 9.10. The summed E-state index contributed by atoms with van der Waals surface area (Å²) < 4.78 is 0.623. The van der Waals surface area contributed by atoms with E-state index in [2.05, 4.69) is 30.9 Å². The lowest BCUT2D eigenvalue weighted by atomic mass is 10.3. The molecule has 2 rings (SSSR count). The number of aromatic nitrogens is 3. The Morgan fingerprint density at radius 1 is 1.50 bits per heavy atom. The van der Waals surface area contributed by atoms with Gasteiger partial charge < -0.3 is 4.98 Å². The number of aldehydes is 1. The average molecular weight is 256 g/mol. The molecule has 0 aliphatic carbocycles. The van der Waals surface area contributed by atoms with Crippen molar-refractivity contribution < 1.29 is 4.79 Å². The molecule has 2 heterocycles. The van der Waals surface area contributed by atoms with E-state index in [0.29, 0.717) is 21.3 Å². The van der Waals surface area contributed by atoms with Crippen molar-refractivity contribution in [2.45, 2.75) is 13.8 Å². The molecule has 0 saturated heterocycles. The molecule has 0 aliphatic rings. The molecule has 2 aromatic rings. The van der Waals surface area contributed by atoms with Crippen molar-refractivity contribution in [3.05, 3.63) is 22.6 Å². The molecule has 0 aliphatic heterocycles. The molecular formula is C9H10BrN3O. The molecule has 0 radical (unpaired) electrons. The van der Waals surface area contributed by atoms with Crippen LogP contribution in [0.3, 0.4) is 0 Å². The predicted molar refractivity (Wildman–Crippen MR) is 58.3 cm³/mol. The van der Waals surface area contributed by atoms with Gasteiger partial charge in [0.15, 0.2) is 11.9 Å². The molecule has 5 heteroatoms. The molecule has 0 spiro atoms. The lowest BCUT2D eigenvalue weighted by Crippen LogP contribution is -1.83. The van der Waals surface area contributed by atoms with E-state index in [9.17, 15) is 4.79 Å². The summed E-state index contributed by atoms with van der Waals surface area (Å²) in [6, 6.07) is 0.